The van der Waals surface area contributed by atoms with Crippen LogP contribution in [0.4, 0.5) is 0 Å². The molecular weight excluding hydrogens is 152 g/mol. The van der Waals surface area contributed by atoms with E-state index in [0.717, 1.165) is 12.8 Å². The van der Waals surface area contributed by atoms with Crippen LogP contribution in [-0.2, 0) is 4.74 Å². The van der Waals surface area contributed by atoms with E-state index in [2.05, 4.69) is 26.8 Å². The van der Waals surface area contributed by atoms with E-state index in [0.29, 0.717) is 0 Å². The quantitative estimate of drug-likeness (QED) is 0.516. The van der Waals surface area contributed by atoms with Crippen molar-refractivity contribution < 1.29 is 9.84 Å². The van der Waals surface area contributed by atoms with Crippen LogP contribution in [0.5, 0.6) is 0 Å². The first kappa shape index (κ1) is 9.75. The second-order valence-corrected chi connectivity index (χ2v) is 3.92. The molecule has 0 aromatic carbocycles. The summed E-state index contributed by atoms with van der Waals surface area (Å²) < 4.78 is 5.36. The number of hydrogen-bond donors (Lipinski definition) is 1. The van der Waals surface area contributed by atoms with Crippen LogP contribution in [0.2, 0.25) is 0 Å². The Bertz CT molecular complexity index is 182. The lowest BCUT2D eigenvalue weighted by Crippen LogP contribution is -2.11. The van der Waals surface area contributed by atoms with Crippen molar-refractivity contribution in [3.63, 3.8) is 0 Å². The Kier molecular flexibility index (Phi) is 2.91. The van der Waals surface area contributed by atoms with Crippen LogP contribution < -0.4 is 0 Å². The molecule has 1 N–H and O–H groups in total. The molecule has 1 heterocycles. The number of rotatable bonds is 4. The summed E-state index contributed by atoms with van der Waals surface area (Å²) in [5.74, 6) is 0. The molecule has 0 amide bonds. The number of aliphatic hydroxyl groups is 1. The summed E-state index contributed by atoms with van der Waals surface area (Å²) in [4.78, 5) is 0. The van der Waals surface area contributed by atoms with E-state index in [-0.39, 0.29) is 18.3 Å². The maximum absolute atomic E-state index is 8.81. The van der Waals surface area contributed by atoms with E-state index >= 15 is 0 Å². The first-order chi connectivity index (χ1) is 5.58. The zero-order valence-electron chi connectivity index (χ0n) is 8.13. The minimum atomic E-state index is -0.0410. The van der Waals surface area contributed by atoms with Crippen molar-refractivity contribution in [3.8, 4) is 0 Å². The summed E-state index contributed by atoms with van der Waals surface area (Å²) in [5.41, 5.74) is 1.31. The van der Waals surface area contributed by atoms with Crippen LogP contribution in [-0.4, -0.2) is 23.4 Å². The second-order valence-electron chi connectivity index (χ2n) is 3.92. The summed E-state index contributed by atoms with van der Waals surface area (Å²) in [6.07, 6.45) is 4.36. The van der Waals surface area contributed by atoms with E-state index in [9.17, 15) is 0 Å². The minimum Gasteiger partial charge on any atom is -0.394 e. The number of aliphatic hydroxyl groups excluding tert-OH is 1. The van der Waals surface area contributed by atoms with Gasteiger partial charge in [0.05, 0.1) is 12.2 Å². The van der Waals surface area contributed by atoms with Crippen molar-refractivity contribution in [1.29, 1.82) is 0 Å². The van der Waals surface area contributed by atoms with Gasteiger partial charge in [-0.25, -0.2) is 0 Å². The Morgan fingerprint density at radius 3 is 2.67 bits per heavy atom. The average molecular weight is 170 g/mol. The third kappa shape index (κ3) is 2.32. The third-order valence-electron chi connectivity index (χ3n) is 2.39. The molecule has 2 heteroatoms. The van der Waals surface area contributed by atoms with Gasteiger partial charge in [-0.15, -0.1) is 0 Å². The van der Waals surface area contributed by atoms with Gasteiger partial charge in [-0.2, -0.15) is 0 Å². The van der Waals surface area contributed by atoms with Gasteiger partial charge in [-0.05, 0) is 33.6 Å². The highest BCUT2D eigenvalue weighted by Crippen LogP contribution is 2.39. The zero-order valence-corrected chi connectivity index (χ0v) is 8.13. The molecule has 70 valence electrons. The Balaban J connectivity index is 2.21. The highest BCUT2D eigenvalue weighted by atomic mass is 16.6. The van der Waals surface area contributed by atoms with Gasteiger partial charge in [0.2, 0.25) is 0 Å². The third-order valence-corrected chi connectivity index (χ3v) is 2.39. The van der Waals surface area contributed by atoms with Gasteiger partial charge in [0.25, 0.3) is 0 Å². The largest absolute Gasteiger partial charge is 0.394 e. The van der Waals surface area contributed by atoms with E-state index < -0.39 is 0 Å². The molecule has 2 atom stereocenters. The Labute approximate surface area is 74.2 Å². The van der Waals surface area contributed by atoms with Crippen LogP contribution in [0.25, 0.3) is 0 Å². The fourth-order valence-corrected chi connectivity index (χ4v) is 1.39. The molecule has 0 spiro atoms. The van der Waals surface area contributed by atoms with Gasteiger partial charge in [-0.1, -0.05) is 11.6 Å². The standard InChI is InChI=1S/C10H18O2/c1-8(2)5-4-6-10(3)9(7-11)12-10/h5,9,11H,4,6-7H2,1-3H3/t9-,10+/m0/s1. The van der Waals surface area contributed by atoms with Crippen molar-refractivity contribution in [2.45, 2.75) is 45.3 Å². The summed E-state index contributed by atoms with van der Waals surface area (Å²) in [6.45, 7) is 6.41. The smallest absolute Gasteiger partial charge is 0.110 e. The molecule has 0 aromatic heterocycles. The fourth-order valence-electron chi connectivity index (χ4n) is 1.39. The van der Waals surface area contributed by atoms with Crippen molar-refractivity contribution in [2.75, 3.05) is 6.61 Å². The first-order valence-corrected chi connectivity index (χ1v) is 4.50. The number of ether oxygens (including phenoxy) is 1. The van der Waals surface area contributed by atoms with Crippen molar-refractivity contribution in [1.82, 2.24) is 0 Å². The Hall–Kier alpha value is -0.340. The van der Waals surface area contributed by atoms with Crippen LogP contribution in [0.15, 0.2) is 11.6 Å². The van der Waals surface area contributed by atoms with Gasteiger partial charge in [0, 0.05) is 0 Å². The molecule has 2 nitrogen and oxygen atoms in total. The minimum absolute atomic E-state index is 0.0410. The van der Waals surface area contributed by atoms with Crippen molar-refractivity contribution >= 4 is 0 Å². The number of epoxide rings is 1. The topological polar surface area (TPSA) is 32.8 Å². The van der Waals surface area contributed by atoms with Crippen LogP contribution in [0.1, 0.15) is 33.6 Å². The zero-order chi connectivity index (χ0) is 9.19. The molecule has 0 aliphatic carbocycles. The molecule has 1 rings (SSSR count). The van der Waals surface area contributed by atoms with Gasteiger partial charge in [-0.3, -0.25) is 0 Å². The van der Waals surface area contributed by atoms with Crippen LogP contribution in [0, 0.1) is 0 Å². The van der Waals surface area contributed by atoms with Crippen LogP contribution in [0.3, 0.4) is 0 Å². The summed E-state index contributed by atoms with van der Waals surface area (Å²) in [7, 11) is 0. The van der Waals surface area contributed by atoms with Gasteiger partial charge in [0.1, 0.15) is 6.10 Å². The molecule has 0 aromatic rings. The van der Waals surface area contributed by atoms with Crippen molar-refractivity contribution in [3.05, 3.63) is 11.6 Å². The molecule has 1 saturated heterocycles. The molecular formula is C10H18O2. The molecule has 1 aliphatic rings. The Morgan fingerprint density at radius 1 is 1.58 bits per heavy atom. The van der Waals surface area contributed by atoms with E-state index in [4.69, 9.17) is 9.84 Å². The monoisotopic (exact) mass is 170 g/mol. The average Bonchev–Trinajstić information content (AvgIpc) is 2.61. The SMILES string of the molecule is CC(C)=CCC[C@@]1(C)O[C@H]1CO. The van der Waals surface area contributed by atoms with E-state index in [1.807, 2.05) is 0 Å². The summed E-state index contributed by atoms with van der Waals surface area (Å²) in [5, 5.41) is 8.81. The molecule has 0 bridgehead atoms. The molecule has 1 aliphatic heterocycles. The summed E-state index contributed by atoms with van der Waals surface area (Å²) >= 11 is 0. The second kappa shape index (κ2) is 3.58. The van der Waals surface area contributed by atoms with E-state index in [1.54, 1.807) is 0 Å². The molecule has 0 unspecified atom stereocenters. The molecule has 0 saturated carbocycles. The molecule has 12 heavy (non-hydrogen) atoms. The summed E-state index contributed by atoms with van der Waals surface area (Å²) in [6, 6.07) is 0. The molecule has 0 radical (unpaired) electrons. The van der Waals surface area contributed by atoms with Gasteiger partial charge >= 0.3 is 0 Å². The normalized spacial score (nSPS) is 33.2. The predicted octanol–water partition coefficient (Wildman–Crippen LogP) is 1.88. The number of allylic oxidation sites excluding steroid dienone is 2. The van der Waals surface area contributed by atoms with Gasteiger partial charge in [0.15, 0.2) is 0 Å². The van der Waals surface area contributed by atoms with Gasteiger partial charge < -0.3 is 9.84 Å². The number of hydrogen-bond acceptors (Lipinski definition) is 2. The lowest BCUT2D eigenvalue weighted by atomic mass is 10.0. The highest BCUT2D eigenvalue weighted by Gasteiger charge is 2.50. The first-order valence-electron chi connectivity index (χ1n) is 4.50. The molecule has 1 fully saturated rings. The fraction of sp³-hybridized carbons (Fsp3) is 0.800. The lowest BCUT2D eigenvalue weighted by molar-refractivity contribution is 0.235. The maximum atomic E-state index is 8.81. The lowest BCUT2D eigenvalue weighted by Gasteiger charge is -2.02. The van der Waals surface area contributed by atoms with Crippen LogP contribution >= 0.6 is 0 Å². The highest BCUT2D eigenvalue weighted by molar-refractivity contribution is 5.02. The predicted molar refractivity (Wildman–Crippen MR) is 49.0 cm³/mol. The Morgan fingerprint density at radius 2 is 2.25 bits per heavy atom. The van der Waals surface area contributed by atoms with E-state index in [1.165, 1.54) is 5.57 Å². The van der Waals surface area contributed by atoms with Crippen molar-refractivity contribution in [2.24, 2.45) is 0 Å². The maximum Gasteiger partial charge on any atom is 0.110 e.